The molecule has 0 aromatic heterocycles. The molecule has 3 unspecified atom stereocenters. The van der Waals surface area contributed by atoms with Gasteiger partial charge in [-0.2, -0.15) is 0 Å². The van der Waals surface area contributed by atoms with E-state index >= 15 is 0 Å². The number of carbonyl (C=O) groups is 1. The Kier molecular flexibility index (Phi) is 6.34. The topological polar surface area (TPSA) is 105 Å². The summed E-state index contributed by atoms with van der Waals surface area (Å²) in [4.78, 5) is 14.7. The number of fused-ring (bicyclic) bond motifs is 5. The number of sulfonamides is 1. The molecule has 4 aliphatic rings. The molecule has 1 saturated heterocycles. The minimum Gasteiger partial charge on any atom is -0.483 e. The molecule has 1 aliphatic carbocycles. The lowest BCUT2D eigenvalue weighted by Crippen LogP contribution is -2.60. The number of rotatable bonds is 2. The van der Waals surface area contributed by atoms with E-state index in [-0.39, 0.29) is 31.1 Å². The van der Waals surface area contributed by atoms with Crippen LogP contribution in [0.15, 0.2) is 24.3 Å². The Bertz CT molecular complexity index is 876. The molecule has 2 N–H and O–H groups in total. The highest BCUT2D eigenvalue weighted by molar-refractivity contribution is 7.88. The second-order valence-electron chi connectivity index (χ2n) is 8.57. The Morgan fingerprint density at radius 2 is 2.00 bits per heavy atom. The zero-order valence-electron chi connectivity index (χ0n) is 17.2. The van der Waals surface area contributed by atoms with Gasteiger partial charge < -0.3 is 19.5 Å². The summed E-state index contributed by atoms with van der Waals surface area (Å²) in [5.41, 5.74) is 1.01. The van der Waals surface area contributed by atoms with E-state index in [1.807, 2.05) is 24.3 Å². The zero-order chi connectivity index (χ0) is 21.3. The number of ether oxygens (including phenoxy) is 2. The number of carbonyl (C=O) groups excluding carboxylic acids is 1. The van der Waals surface area contributed by atoms with Gasteiger partial charge in [0.15, 0.2) is 6.61 Å². The van der Waals surface area contributed by atoms with Crippen LogP contribution in [-0.4, -0.2) is 74.6 Å². The number of hydrogen-bond donors (Lipinski definition) is 2. The Balaban J connectivity index is 1.64. The predicted octanol–water partition coefficient (Wildman–Crippen LogP) is 1.00. The van der Waals surface area contributed by atoms with Crippen molar-refractivity contribution in [3.05, 3.63) is 29.8 Å². The normalized spacial score (nSPS) is 32.8. The van der Waals surface area contributed by atoms with Crippen molar-refractivity contribution in [3.8, 4) is 5.75 Å². The molecule has 2 bridgehead atoms. The van der Waals surface area contributed by atoms with Crippen LogP contribution in [0.2, 0.25) is 0 Å². The number of piperidine rings is 1. The summed E-state index contributed by atoms with van der Waals surface area (Å²) in [6.45, 7) is 0.589. The molecule has 8 nitrogen and oxygen atoms in total. The van der Waals surface area contributed by atoms with E-state index in [0.29, 0.717) is 38.0 Å². The Morgan fingerprint density at radius 3 is 2.77 bits per heavy atom. The van der Waals surface area contributed by atoms with Crippen LogP contribution >= 0.6 is 0 Å². The number of nitrogens with zero attached hydrogens (tertiary/aromatic N) is 1. The number of amides is 1. The summed E-state index contributed by atoms with van der Waals surface area (Å²) in [7, 11) is -3.43. The molecule has 5 atom stereocenters. The summed E-state index contributed by atoms with van der Waals surface area (Å²) in [6, 6.07) is 6.81. The van der Waals surface area contributed by atoms with E-state index in [2.05, 4.69) is 4.72 Å². The van der Waals surface area contributed by atoms with Crippen molar-refractivity contribution in [3.63, 3.8) is 0 Å². The van der Waals surface area contributed by atoms with Gasteiger partial charge in [-0.1, -0.05) is 18.2 Å². The Labute approximate surface area is 177 Å². The molecule has 0 spiro atoms. The van der Waals surface area contributed by atoms with Crippen molar-refractivity contribution in [1.82, 2.24) is 9.62 Å². The Morgan fingerprint density at radius 1 is 1.20 bits per heavy atom. The molecule has 2 fully saturated rings. The molecule has 9 heteroatoms. The predicted molar refractivity (Wildman–Crippen MR) is 111 cm³/mol. The van der Waals surface area contributed by atoms with E-state index in [1.165, 1.54) is 0 Å². The largest absolute Gasteiger partial charge is 0.483 e. The van der Waals surface area contributed by atoms with Gasteiger partial charge >= 0.3 is 0 Å². The quantitative estimate of drug-likeness (QED) is 0.714. The lowest BCUT2D eigenvalue weighted by molar-refractivity contribution is -0.142. The van der Waals surface area contributed by atoms with Crippen LogP contribution in [0.1, 0.15) is 43.6 Å². The molecular weight excluding hydrogens is 408 g/mol. The molecule has 3 aliphatic heterocycles. The van der Waals surface area contributed by atoms with Crippen molar-refractivity contribution in [2.45, 2.75) is 62.3 Å². The number of aliphatic hydroxyl groups excluding tert-OH is 1. The number of nitrogens with one attached hydrogen (secondary N) is 1. The summed E-state index contributed by atoms with van der Waals surface area (Å²) < 4.78 is 38.4. The minimum absolute atomic E-state index is 0.113. The summed E-state index contributed by atoms with van der Waals surface area (Å²) in [5, 5.41) is 10.7. The highest BCUT2D eigenvalue weighted by Crippen LogP contribution is 2.39. The summed E-state index contributed by atoms with van der Waals surface area (Å²) >= 11 is 0. The van der Waals surface area contributed by atoms with Crippen LogP contribution in [0.4, 0.5) is 0 Å². The van der Waals surface area contributed by atoms with Crippen molar-refractivity contribution in [1.29, 1.82) is 0 Å². The lowest BCUT2D eigenvalue weighted by atomic mass is 9.80. The standard InChI is InChI=1S/C21H30N2O6S/c1-30(26,27)22-16-6-4-10-23-17(16)12-28-20-9-8-14(11-18(20)24)15-5-2-3-7-19(15)29-13-21(23)25/h2-3,5,7,14,16-18,20,22,24H,4,6,8-13H2,1H3/t14?,16?,17?,18-,20-/m1/s1. The number of aliphatic hydroxyl groups is 1. The number of hydrogen-bond acceptors (Lipinski definition) is 6. The third kappa shape index (κ3) is 4.80. The molecule has 3 heterocycles. The first-order valence-corrected chi connectivity index (χ1v) is 12.5. The lowest BCUT2D eigenvalue weighted by Gasteiger charge is -2.42. The van der Waals surface area contributed by atoms with Gasteiger partial charge in [0, 0.05) is 12.6 Å². The van der Waals surface area contributed by atoms with Crippen molar-refractivity contribution < 1.29 is 27.8 Å². The fraction of sp³-hybridized carbons (Fsp3) is 0.667. The first-order chi connectivity index (χ1) is 14.3. The van der Waals surface area contributed by atoms with Crippen molar-refractivity contribution in [2.24, 2.45) is 0 Å². The van der Waals surface area contributed by atoms with Crippen LogP contribution in [0, 0.1) is 0 Å². The minimum atomic E-state index is -3.43. The maximum Gasteiger partial charge on any atom is 0.260 e. The molecule has 0 radical (unpaired) electrons. The van der Waals surface area contributed by atoms with E-state index in [1.54, 1.807) is 4.90 Å². The summed E-state index contributed by atoms with van der Waals surface area (Å²) in [6.07, 6.45) is 3.63. The third-order valence-electron chi connectivity index (χ3n) is 6.41. The van der Waals surface area contributed by atoms with E-state index in [4.69, 9.17) is 9.47 Å². The van der Waals surface area contributed by atoms with Gasteiger partial charge in [-0.05, 0) is 49.7 Å². The molecule has 1 amide bonds. The molecule has 1 aromatic rings. The highest BCUT2D eigenvalue weighted by atomic mass is 32.2. The summed E-state index contributed by atoms with van der Waals surface area (Å²) in [5.74, 6) is 0.626. The van der Waals surface area contributed by atoms with Gasteiger partial charge in [-0.25, -0.2) is 13.1 Å². The first-order valence-electron chi connectivity index (χ1n) is 10.6. The van der Waals surface area contributed by atoms with Crippen LogP contribution < -0.4 is 9.46 Å². The molecule has 1 saturated carbocycles. The van der Waals surface area contributed by atoms with Crippen LogP contribution in [-0.2, 0) is 19.6 Å². The average Bonchev–Trinajstić information content (AvgIpc) is 2.71. The van der Waals surface area contributed by atoms with Crippen LogP contribution in [0.5, 0.6) is 5.75 Å². The zero-order valence-corrected chi connectivity index (χ0v) is 18.0. The monoisotopic (exact) mass is 438 g/mol. The van der Waals surface area contributed by atoms with E-state index in [0.717, 1.165) is 18.2 Å². The first kappa shape index (κ1) is 21.5. The SMILES string of the molecule is CS(=O)(=O)NC1CCCN2C(=O)COc3ccccc3C3CC[C@@H](OCC12)[C@H](O)C3. The average molecular weight is 439 g/mol. The van der Waals surface area contributed by atoms with Gasteiger partial charge in [0.25, 0.3) is 5.91 Å². The van der Waals surface area contributed by atoms with Crippen LogP contribution in [0.3, 0.4) is 0 Å². The Hall–Kier alpha value is -1.68. The van der Waals surface area contributed by atoms with Crippen LogP contribution in [0.25, 0.3) is 0 Å². The van der Waals surface area contributed by atoms with Gasteiger partial charge in [0.1, 0.15) is 5.75 Å². The van der Waals surface area contributed by atoms with Crippen molar-refractivity contribution >= 4 is 15.9 Å². The van der Waals surface area contributed by atoms with Gasteiger partial charge in [-0.15, -0.1) is 0 Å². The fourth-order valence-electron chi connectivity index (χ4n) is 4.97. The fourth-order valence-corrected chi connectivity index (χ4v) is 5.80. The second kappa shape index (κ2) is 8.82. The maximum absolute atomic E-state index is 13.0. The van der Waals surface area contributed by atoms with Gasteiger partial charge in [0.05, 0.1) is 31.1 Å². The third-order valence-corrected chi connectivity index (χ3v) is 7.14. The van der Waals surface area contributed by atoms with Gasteiger partial charge in [0.2, 0.25) is 10.0 Å². The van der Waals surface area contributed by atoms with Gasteiger partial charge in [-0.3, -0.25) is 4.79 Å². The number of benzene rings is 1. The second-order valence-corrected chi connectivity index (χ2v) is 10.3. The van der Waals surface area contributed by atoms with E-state index < -0.39 is 28.2 Å². The molecule has 166 valence electrons. The number of para-hydroxylation sites is 1. The molecule has 30 heavy (non-hydrogen) atoms. The highest BCUT2D eigenvalue weighted by Gasteiger charge is 2.39. The maximum atomic E-state index is 13.0. The molecule has 5 rings (SSSR count). The van der Waals surface area contributed by atoms with Crippen molar-refractivity contribution in [2.75, 3.05) is 26.0 Å². The van der Waals surface area contributed by atoms with E-state index in [9.17, 15) is 18.3 Å². The molecular formula is C21H30N2O6S. The molecule has 1 aromatic carbocycles. The smallest absolute Gasteiger partial charge is 0.260 e.